The Morgan fingerprint density at radius 1 is 1.67 bits per heavy atom. The summed E-state index contributed by atoms with van der Waals surface area (Å²) in [6, 6.07) is 0. The van der Waals surface area contributed by atoms with Crippen LogP contribution in [-0.4, -0.2) is 29.3 Å². The number of ether oxygens (including phenoxy) is 1. The molecule has 1 saturated heterocycles. The molecule has 6 heteroatoms. The molecule has 1 aliphatic rings. The lowest BCUT2D eigenvalue weighted by atomic mass is 9.99. The Kier molecular flexibility index (Phi) is 2.88. The number of hydrogen-bond acceptors (Lipinski definition) is 5. The van der Waals surface area contributed by atoms with Crippen LogP contribution in [0.2, 0.25) is 0 Å². The number of anilines is 1. The molecule has 82 valence electrons. The van der Waals surface area contributed by atoms with Gasteiger partial charge in [0.05, 0.1) is 6.61 Å². The number of carboxylic acids is 1. The smallest absolute Gasteiger partial charge is 0.355 e. The minimum atomic E-state index is -1.01. The quantitative estimate of drug-likeness (QED) is 0.797. The molecule has 2 heterocycles. The number of nitrogen functional groups attached to an aromatic ring is 1. The van der Waals surface area contributed by atoms with Gasteiger partial charge in [-0.2, -0.15) is 0 Å². The molecule has 0 aliphatic carbocycles. The Morgan fingerprint density at radius 2 is 2.47 bits per heavy atom. The predicted octanol–water partition coefficient (Wildman–Crippen LogP) is 1.32. The van der Waals surface area contributed by atoms with E-state index in [1.54, 1.807) is 0 Å². The summed E-state index contributed by atoms with van der Waals surface area (Å²) in [5, 5.41) is 9.27. The first-order valence-corrected chi connectivity index (χ1v) is 5.57. The van der Waals surface area contributed by atoms with Gasteiger partial charge in [-0.05, 0) is 12.8 Å². The van der Waals surface area contributed by atoms with E-state index in [0.29, 0.717) is 11.7 Å². The van der Waals surface area contributed by atoms with E-state index in [-0.39, 0.29) is 11.6 Å². The maximum absolute atomic E-state index is 10.9. The fraction of sp³-hybridized carbons (Fsp3) is 0.556. The Morgan fingerprint density at radius 3 is 3.07 bits per heavy atom. The zero-order valence-corrected chi connectivity index (χ0v) is 8.92. The predicted molar refractivity (Wildman–Crippen MR) is 56.3 cm³/mol. The van der Waals surface area contributed by atoms with Crippen LogP contribution in [-0.2, 0) is 4.74 Å². The summed E-state index contributed by atoms with van der Waals surface area (Å²) in [7, 11) is 0. The lowest BCUT2D eigenvalue weighted by Crippen LogP contribution is -2.16. The highest BCUT2D eigenvalue weighted by molar-refractivity contribution is 7.15. The van der Waals surface area contributed by atoms with Crippen molar-refractivity contribution >= 4 is 22.4 Å². The molecule has 0 aromatic carbocycles. The molecule has 0 spiro atoms. The lowest BCUT2D eigenvalue weighted by molar-refractivity contribution is 0.0677. The van der Waals surface area contributed by atoms with Gasteiger partial charge >= 0.3 is 5.97 Å². The molecular formula is C9H12N2O3S. The van der Waals surface area contributed by atoms with E-state index in [4.69, 9.17) is 15.6 Å². The van der Waals surface area contributed by atoms with Gasteiger partial charge in [0.1, 0.15) is 0 Å². The van der Waals surface area contributed by atoms with Crippen LogP contribution in [0.4, 0.5) is 5.13 Å². The molecule has 1 aromatic rings. The van der Waals surface area contributed by atoms with Gasteiger partial charge in [0.25, 0.3) is 0 Å². The van der Waals surface area contributed by atoms with Crippen molar-refractivity contribution in [3.05, 3.63) is 10.6 Å². The number of nitrogens with two attached hydrogens (primary N) is 1. The van der Waals surface area contributed by atoms with Crippen LogP contribution in [0.1, 0.15) is 34.1 Å². The molecule has 2 rings (SSSR count). The minimum Gasteiger partial charge on any atom is -0.476 e. The van der Waals surface area contributed by atoms with Gasteiger partial charge in [0.2, 0.25) is 0 Å². The maximum atomic E-state index is 10.9. The van der Waals surface area contributed by atoms with Crippen molar-refractivity contribution in [3.8, 4) is 0 Å². The Hall–Kier alpha value is -1.14. The van der Waals surface area contributed by atoms with Gasteiger partial charge in [-0.1, -0.05) is 0 Å². The molecule has 0 saturated carbocycles. The number of aromatic carboxylic acids is 1. The summed E-state index contributed by atoms with van der Waals surface area (Å²) in [5.74, 6) is -0.872. The standard InChI is InChI=1S/C9H12N2O3S/c10-9-11-6(8(12)13)7(15-9)5-2-1-3-14-4-5/h5H,1-4H2,(H2,10,11)(H,12,13). The zero-order valence-electron chi connectivity index (χ0n) is 8.10. The first-order valence-electron chi connectivity index (χ1n) is 4.75. The largest absolute Gasteiger partial charge is 0.476 e. The Balaban J connectivity index is 2.28. The highest BCUT2D eigenvalue weighted by Gasteiger charge is 2.25. The summed E-state index contributed by atoms with van der Waals surface area (Å²) in [5.41, 5.74) is 5.62. The van der Waals surface area contributed by atoms with Gasteiger partial charge in [0, 0.05) is 17.4 Å². The average Bonchev–Trinajstić information content (AvgIpc) is 2.62. The number of thiazole rings is 1. The number of carbonyl (C=O) groups is 1. The zero-order chi connectivity index (χ0) is 10.8. The number of nitrogens with zero attached hydrogens (tertiary/aromatic N) is 1. The van der Waals surface area contributed by atoms with Crippen LogP contribution >= 0.6 is 11.3 Å². The molecule has 1 unspecified atom stereocenters. The second kappa shape index (κ2) is 4.16. The fourth-order valence-electron chi connectivity index (χ4n) is 1.73. The summed E-state index contributed by atoms with van der Waals surface area (Å²) in [6.07, 6.45) is 1.91. The van der Waals surface area contributed by atoms with Crippen LogP contribution < -0.4 is 5.73 Å². The van der Waals surface area contributed by atoms with E-state index >= 15 is 0 Å². The van der Waals surface area contributed by atoms with E-state index in [9.17, 15) is 4.79 Å². The third-order valence-electron chi connectivity index (χ3n) is 2.40. The topological polar surface area (TPSA) is 85.4 Å². The van der Waals surface area contributed by atoms with E-state index in [2.05, 4.69) is 4.98 Å². The number of hydrogen-bond donors (Lipinski definition) is 2. The van der Waals surface area contributed by atoms with Crippen molar-refractivity contribution in [1.82, 2.24) is 4.98 Å². The molecule has 0 amide bonds. The third-order valence-corrected chi connectivity index (χ3v) is 3.45. The van der Waals surface area contributed by atoms with E-state index in [1.807, 2.05) is 0 Å². The second-order valence-electron chi connectivity index (χ2n) is 3.48. The van der Waals surface area contributed by atoms with Gasteiger partial charge in [0.15, 0.2) is 10.8 Å². The molecule has 1 atom stereocenters. The van der Waals surface area contributed by atoms with Crippen LogP contribution in [0.15, 0.2) is 0 Å². The van der Waals surface area contributed by atoms with Crippen molar-refractivity contribution in [2.24, 2.45) is 0 Å². The molecule has 15 heavy (non-hydrogen) atoms. The first kappa shape index (κ1) is 10.4. The van der Waals surface area contributed by atoms with Gasteiger partial charge in [-0.3, -0.25) is 0 Å². The maximum Gasteiger partial charge on any atom is 0.355 e. The Bertz CT molecular complexity index is 371. The molecule has 1 fully saturated rings. The first-order chi connectivity index (χ1) is 7.18. The van der Waals surface area contributed by atoms with E-state index < -0.39 is 5.97 Å². The molecular weight excluding hydrogens is 216 g/mol. The summed E-state index contributed by atoms with van der Waals surface area (Å²) < 4.78 is 5.33. The molecule has 0 bridgehead atoms. The lowest BCUT2D eigenvalue weighted by Gasteiger charge is -2.20. The van der Waals surface area contributed by atoms with E-state index in [1.165, 1.54) is 11.3 Å². The normalized spacial score (nSPS) is 21.5. The van der Waals surface area contributed by atoms with Crippen molar-refractivity contribution in [2.75, 3.05) is 18.9 Å². The molecule has 1 aliphatic heterocycles. The van der Waals surface area contributed by atoms with Crippen molar-refractivity contribution < 1.29 is 14.6 Å². The highest BCUT2D eigenvalue weighted by Crippen LogP contribution is 2.33. The van der Waals surface area contributed by atoms with Crippen molar-refractivity contribution in [3.63, 3.8) is 0 Å². The summed E-state index contributed by atoms with van der Waals surface area (Å²) >= 11 is 1.26. The molecule has 3 N–H and O–H groups in total. The number of aromatic nitrogens is 1. The number of carboxylic acid groups (broad SMARTS) is 1. The summed E-state index contributed by atoms with van der Waals surface area (Å²) in [6.45, 7) is 1.33. The Labute approximate surface area is 90.9 Å². The number of rotatable bonds is 2. The second-order valence-corrected chi connectivity index (χ2v) is 4.55. The minimum absolute atomic E-state index is 0.0907. The SMILES string of the molecule is Nc1nc(C(=O)O)c(C2CCCOC2)s1. The van der Waals surface area contributed by atoms with Crippen LogP contribution in [0.25, 0.3) is 0 Å². The monoisotopic (exact) mass is 228 g/mol. The fourth-order valence-corrected chi connectivity index (χ4v) is 2.67. The molecule has 1 aromatic heterocycles. The van der Waals surface area contributed by atoms with Crippen LogP contribution in [0.3, 0.4) is 0 Å². The third kappa shape index (κ3) is 2.10. The van der Waals surface area contributed by atoms with Crippen molar-refractivity contribution in [1.29, 1.82) is 0 Å². The molecule has 0 radical (unpaired) electrons. The van der Waals surface area contributed by atoms with Gasteiger partial charge in [-0.25, -0.2) is 9.78 Å². The van der Waals surface area contributed by atoms with Gasteiger partial charge < -0.3 is 15.6 Å². The summed E-state index contributed by atoms with van der Waals surface area (Å²) in [4.78, 5) is 15.5. The average molecular weight is 228 g/mol. The van der Waals surface area contributed by atoms with Crippen LogP contribution in [0, 0.1) is 0 Å². The molecule has 5 nitrogen and oxygen atoms in total. The highest BCUT2D eigenvalue weighted by atomic mass is 32.1. The van der Waals surface area contributed by atoms with Crippen LogP contribution in [0.5, 0.6) is 0 Å². The van der Waals surface area contributed by atoms with E-state index in [0.717, 1.165) is 24.3 Å². The van der Waals surface area contributed by atoms with Gasteiger partial charge in [-0.15, -0.1) is 11.3 Å². The van der Waals surface area contributed by atoms with Crippen molar-refractivity contribution in [2.45, 2.75) is 18.8 Å².